The van der Waals surface area contributed by atoms with Crippen molar-refractivity contribution in [3.63, 3.8) is 0 Å². The van der Waals surface area contributed by atoms with Crippen LogP contribution in [0.4, 0.5) is 10.1 Å². The van der Waals surface area contributed by atoms with E-state index in [1.54, 1.807) is 60.5 Å². The molecular formula is C25H22FN3O4. The fourth-order valence-electron chi connectivity index (χ4n) is 5.14. The number of hydrogen-bond acceptors (Lipinski definition) is 5. The van der Waals surface area contributed by atoms with E-state index in [1.807, 2.05) is 12.1 Å². The number of benzene rings is 3. The Morgan fingerprint density at radius 1 is 1.12 bits per heavy atom. The van der Waals surface area contributed by atoms with E-state index in [0.29, 0.717) is 23.5 Å². The highest BCUT2D eigenvalue weighted by Crippen LogP contribution is 2.51. The lowest BCUT2D eigenvalue weighted by atomic mass is 9.79. The van der Waals surface area contributed by atoms with Crippen molar-refractivity contribution in [3.05, 3.63) is 105 Å². The summed E-state index contributed by atoms with van der Waals surface area (Å²) >= 11 is 0. The number of halogens is 1. The summed E-state index contributed by atoms with van der Waals surface area (Å²) in [6, 6.07) is 19.2. The van der Waals surface area contributed by atoms with E-state index in [0.717, 1.165) is 11.1 Å². The highest BCUT2D eigenvalue weighted by molar-refractivity contribution is 6.06. The van der Waals surface area contributed by atoms with Gasteiger partial charge in [0.15, 0.2) is 5.54 Å². The predicted octanol–water partition coefficient (Wildman–Crippen LogP) is 3.93. The van der Waals surface area contributed by atoms with Crippen molar-refractivity contribution in [3.8, 4) is 5.75 Å². The van der Waals surface area contributed by atoms with Gasteiger partial charge in [0.05, 0.1) is 5.92 Å². The first-order valence-electron chi connectivity index (χ1n) is 10.6. The summed E-state index contributed by atoms with van der Waals surface area (Å²) < 4.78 is 18.8. The number of para-hydroxylation sites is 1. The second-order valence-corrected chi connectivity index (χ2v) is 8.47. The van der Waals surface area contributed by atoms with Gasteiger partial charge in [-0.05, 0) is 48.5 Å². The minimum Gasteiger partial charge on any atom is -0.489 e. The molecule has 0 aliphatic carbocycles. The number of nitrogens with zero attached hydrogens (tertiary/aromatic N) is 2. The van der Waals surface area contributed by atoms with Crippen molar-refractivity contribution in [2.75, 3.05) is 18.9 Å². The minimum atomic E-state index is -1.36. The van der Waals surface area contributed by atoms with Crippen LogP contribution >= 0.6 is 0 Å². The summed E-state index contributed by atoms with van der Waals surface area (Å²) in [6.45, 7) is 0.645. The fourth-order valence-corrected chi connectivity index (χ4v) is 5.14. The molecule has 0 saturated carbocycles. The maximum atomic E-state index is 13.2. The van der Waals surface area contributed by atoms with Gasteiger partial charge in [-0.2, -0.15) is 0 Å². The van der Waals surface area contributed by atoms with Gasteiger partial charge in [-0.3, -0.25) is 19.8 Å². The number of nitrogens with one attached hydrogen (secondary N) is 1. The molecule has 33 heavy (non-hydrogen) atoms. The van der Waals surface area contributed by atoms with E-state index in [4.69, 9.17) is 4.74 Å². The first kappa shape index (κ1) is 21.1. The molecule has 2 heterocycles. The zero-order valence-corrected chi connectivity index (χ0v) is 17.9. The summed E-state index contributed by atoms with van der Waals surface area (Å²) in [5, 5.41) is 15.2. The zero-order chi connectivity index (χ0) is 23.2. The number of likely N-dealkylation sites (tertiary alicyclic amines) is 1. The Morgan fingerprint density at radius 2 is 1.82 bits per heavy atom. The molecule has 3 aromatic carbocycles. The summed E-state index contributed by atoms with van der Waals surface area (Å²) in [4.78, 5) is 27.0. The smallest absolute Gasteiger partial charge is 0.256 e. The van der Waals surface area contributed by atoms with Gasteiger partial charge < -0.3 is 10.1 Å². The molecule has 0 bridgehead atoms. The van der Waals surface area contributed by atoms with Gasteiger partial charge in [-0.1, -0.05) is 42.5 Å². The average Bonchev–Trinajstić information content (AvgIpc) is 3.29. The molecule has 168 valence electrons. The van der Waals surface area contributed by atoms with Gasteiger partial charge in [0.1, 0.15) is 18.2 Å². The topological polar surface area (TPSA) is 84.7 Å². The summed E-state index contributed by atoms with van der Waals surface area (Å²) in [6.07, 6.45) is 0. The molecule has 1 amide bonds. The Labute approximate surface area is 189 Å². The van der Waals surface area contributed by atoms with Crippen LogP contribution in [-0.2, 0) is 16.9 Å². The van der Waals surface area contributed by atoms with Crippen molar-refractivity contribution in [2.45, 2.75) is 24.1 Å². The highest BCUT2D eigenvalue weighted by atomic mass is 19.1. The van der Waals surface area contributed by atoms with E-state index in [2.05, 4.69) is 5.32 Å². The van der Waals surface area contributed by atoms with Gasteiger partial charge in [-0.25, -0.2) is 4.39 Å². The second kappa shape index (κ2) is 7.97. The molecule has 3 atom stereocenters. The average molecular weight is 447 g/mol. The molecule has 2 aliphatic heterocycles. The number of likely N-dealkylation sites (N-methyl/N-ethyl adjacent to an activating group) is 1. The van der Waals surface area contributed by atoms with Crippen LogP contribution < -0.4 is 10.1 Å². The van der Waals surface area contributed by atoms with Crippen LogP contribution in [0.25, 0.3) is 0 Å². The van der Waals surface area contributed by atoms with Crippen LogP contribution in [0, 0.1) is 15.9 Å². The van der Waals surface area contributed by atoms with Crippen molar-refractivity contribution in [1.29, 1.82) is 0 Å². The SMILES string of the molecule is CN1C[C@H](c2ccc(OCc3ccc(F)cc3)cc2)[C@@H]([N+](=O)[O-])[C@@]12C(=O)Nc1ccccc12. The Bertz CT molecular complexity index is 1220. The highest BCUT2D eigenvalue weighted by Gasteiger charge is 2.68. The minimum absolute atomic E-state index is 0.281. The van der Waals surface area contributed by atoms with Crippen molar-refractivity contribution in [2.24, 2.45) is 0 Å². The standard InChI is InChI=1S/C25H22FN3O4/c1-28-14-20(17-8-12-19(13-9-17)33-15-16-6-10-18(26)11-7-16)23(29(31)32)25(28)21-4-2-3-5-22(21)27-24(25)30/h2-13,20,23H,14-15H2,1H3,(H,27,30)/t20-,23-,25+/m1/s1. The molecule has 0 aromatic heterocycles. The molecule has 1 fully saturated rings. The van der Waals surface area contributed by atoms with Crippen LogP contribution in [0.2, 0.25) is 0 Å². The third-order valence-corrected chi connectivity index (χ3v) is 6.67. The van der Waals surface area contributed by atoms with E-state index in [-0.39, 0.29) is 23.3 Å². The van der Waals surface area contributed by atoms with Crippen LogP contribution in [0.15, 0.2) is 72.8 Å². The van der Waals surface area contributed by atoms with Gasteiger partial charge in [0.2, 0.25) is 0 Å². The number of rotatable bonds is 5. The van der Waals surface area contributed by atoms with E-state index in [1.165, 1.54) is 12.1 Å². The second-order valence-electron chi connectivity index (χ2n) is 8.47. The normalized spacial score (nSPS) is 24.0. The van der Waals surface area contributed by atoms with Gasteiger partial charge >= 0.3 is 0 Å². The third kappa shape index (κ3) is 3.34. The molecule has 0 unspecified atom stereocenters. The van der Waals surface area contributed by atoms with Crippen LogP contribution in [-0.4, -0.2) is 35.4 Å². The van der Waals surface area contributed by atoms with Gasteiger partial charge in [0, 0.05) is 22.7 Å². The van der Waals surface area contributed by atoms with Gasteiger partial charge in [-0.15, -0.1) is 0 Å². The molecule has 1 spiro atoms. The summed E-state index contributed by atoms with van der Waals surface area (Å²) in [5.74, 6) is -0.547. The summed E-state index contributed by atoms with van der Waals surface area (Å²) in [7, 11) is 1.76. The maximum absolute atomic E-state index is 13.2. The molecule has 3 aromatic rings. The number of anilines is 1. The third-order valence-electron chi connectivity index (χ3n) is 6.67. The molecule has 1 N–H and O–H groups in total. The maximum Gasteiger partial charge on any atom is 0.256 e. The van der Waals surface area contributed by atoms with Crippen LogP contribution in [0.5, 0.6) is 5.75 Å². The number of carbonyl (C=O) groups is 1. The van der Waals surface area contributed by atoms with Crippen LogP contribution in [0.1, 0.15) is 22.6 Å². The van der Waals surface area contributed by atoms with Crippen molar-refractivity contribution in [1.82, 2.24) is 4.90 Å². The van der Waals surface area contributed by atoms with E-state index >= 15 is 0 Å². The number of hydrogen-bond donors (Lipinski definition) is 1. The van der Waals surface area contributed by atoms with E-state index in [9.17, 15) is 19.3 Å². The first-order chi connectivity index (χ1) is 15.9. The zero-order valence-electron chi connectivity index (χ0n) is 17.9. The monoisotopic (exact) mass is 447 g/mol. The van der Waals surface area contributed by atoms with Crippen LogP contribution in [0.3, 0.4) is 0 Å². The lowest BCUT2D eigenvalue weighted by molar-refractivity contribution is -0.534. The molecule has 0 radical (unpaired) electrons. The molecule has 1 saturated heterocycles. The number of fused-ring (bicyclic) bond motifs is 2. The van der Waals surface area contributed by atoms with Gasteiger partial charge in [0.25, 0.3) is 11.9 Å². The van der Waals surface area contributed by atoms with Crippen molar-refractivity contribution < 1.29 is 18.8 Å². The predicted molar refractivity (Wildman–Crippen MR) is 120 cm³/mol. The molecular weight excluding hydrogens is 425 g/mol. The van der Waals surface area contributed by atoms with Crippen molar-refractivity contribution >= 4 is 11.6 Å². The lowest BCUT2D eigenvalue weighted by Crippen LogP contribution is -2.54. The fraction of sp³-hybridized carbons (Fsp3) is 0.240. The molecule has 2 aliphatic rings. The number of ether oxygens (including phenoxy) is 1. The number of carbonyl (C=O) groups excluding carboxylic acids is 1. The number of nitro groups is 1. The molecule has 5 rings (SSSR count). The Balaban J connectivity index is 1.42. The Kier molecular flexibility index (Phi) is 5.09. The molecule has 8 heteroatoms. The quantitative estimate of drug-likeness (QED) is 0.473. The lowest BCUT2D eigenvalue weighted by Gasteiger charge is -2.30. The Hall–Kier alpha value is -3.78. The Morgan fingerprint density at radius 3 is 2.52 bits per heavy atom. The first-order valence-corrected chi connectivity index (χ1v) is 10.6. The molecule has 7 nitrogen and oxygen atoms in total. The number of amides is 1. The largest absolute Gasteiger partial charge is 0.489 e. The summed E-state index contributed by atoms with van der Waals surface area (Å²) in [5.41, 5.74) is 1.50. The van der Waals surface area contributed by atoms with E-state index < -0.39 is 17.5 Å².